The van der Waals surface area contributed by atoms with E-state index in [0.717, 1.165) is 15.0 Å². The Morgan fingerprint density at radius 3 is 1.97 bits per heavy atom. The summed E-state index contributed by atoms with van der Waals surface area (Å²) in [7, 11) is 0. The van der Waals surface area contributed by atoms with Crippen molar-refractivity contribution < 1.29 is 0 Å². The van der Waals surface area contributed by atoms with Gasteiger partial charge in [0.25, 0.3) is 0 Å². The minimum absolute atomic E-state index is 0.994. The molecule has 1 aromatic heterocycles. The maximum Gasteiger partial charge on any atom is 0.102 e. The molecule has 5 aromatic rings. The number of pyridine rings is 1. The smallest absolute Gasteiger partial charge is 0.102 e. The molecular formula is C27H18IN. The fourth-order valence-electron chi connectivity index (χ4n) is 3.67. The molecule has 0 atom stereocenters. The lowest BCUT2D eigenvalue weighted by Gasteiger charge is -2.10. The van der Waals surface area contributed by atoms with E-state index in [1.54, 1.807) is 0 Å². The highest BCUT2D eigenvalue weighted by atomic mass is 127. The minimum atomic E-state index is 0.994. The molecular weight excluding hydrogens is 465 g/mol. The van der Waals surface area contributed by atoms with Crippen LogP contribution in [0, 0.1) is 3.70 Å². The quantitative estimate of drug-likeness (QED) is 0.188. The predicted molar refractivity (Wildman–Crippen MR) is 131 cm³/mol. The first kappa shape index (κ1) is 18.1. The van der Waals surface area contributed by atoms with Crippen molar-refractivity contribution in [1.82, 2.24) is 4.98 Å². The first-order chi connectivity index (χ1) is 14.3. The lowest BCUT2D eigenvalue weighted by atomic mass is 9.98. The van der Waals surface area contributed by atoms with Crippen LogP contribution in [-0.2, 0) is 0 Å². The van der Waals surface area contributed by atoms with Crippen molar-refractivity contribution in [3.63, 3.8) is 0 Å². The molecule has 0 spiro atoms. The van der Waals surface area contributed by atoms with Gasteiger partial charge in [0.05, 0.1) is 5.69 Å². The van der Waals surface area contributed by atoms with Crippen molar-refractivity contribution in [3.8, 4) is 33.5 Å². The van der Waals surface area contributed by atoms with Crippen LogP contribution >= 0.6 is 22.6 Å². The third-order valence-corrected chi connectivity index (χ3v) is 5.69. The van der Waals surface area contributed by atoms with E-state index in [-0.39, 0.29) is 0 Å². The molecule has 0 aliphatic rings. The van der Waals surface area contributed by atoms with Crippen molar-refractivity contribution in [2.45, 2.75) is 0 Å². The maximum atomic E-state index is 4.80. The van der Waals surface area contributed by atoms with Crippen LogP contribution in [0.1, 0.15) is 0 Å². The second kappa shape index (κ2) is 7.80. The van der Waals surface area contributed by atoms with E-state index in [1.165, 1.54) is 33.0 Å². The standard InChI is InChI=1S/C27H18IN/c28-27-18-25(23-12-6-11-22(15-23)19-7-2-1-3-8-19)17-26(29-27)24-14-13-20-9-4-5-10-21(20)16-24/h1-18H. The zero-order valence-corrected chi connectivity index (χ0v) is 17.9. The summed E-state index contributed by atoms with van der Waals surface area (Å²) in [5, 5.41) is 2.48. The Labute approximate surface area is 184 Å². The van der Waals surface area contributed by atoms with Gasteiger partial charge in [0.1, 0.15) is 3.70 Å². The van der Waals surface area contributed by atoms with Crippen LogP contribution < -0.4 is 0 Å². The van der Waals surface area contributed by atoms with Crippen molar-refractivity contribution in [3.05, 3.63) is 113 Å². The molecule has 4 aromatic carbocycles. The van der Waals surface area contributed by atoms with E-state index in [0.29, 0.717) is 0 Å². The molecule has 0 aliphatic heterocycles. The van der Waals surface area contributed by atoms with Crippen molar-refractivity contribution >= 4 is 33.4 Å². The van der Waals surface area contributed by atoms with Gasteiger partial charge in [-0.05, 0) is 79.9 Å². The number of hydrogen-bond acceptors (Lipinski definition) is 1. The maximum absolute atomic E-state index is 4.80. The topological polar surface area (TPSA) is 12.9 Å². The SMILES string of the molecule is Ic1cc(-c2cccc(-c3ccccc3)c2)cc(-c2ccc3ccccc3c2)n1. The Morgan fingerprint density at radius 2 is 1.14 bits per heavy atom. The van der Waals surface area contributed by atoms with E-state index >= 15 is 0 Å². The van der Waals surface area contributed by atoms with Crippen LogP contribution in [0.4, 0.5) is 0 Å². The van der Waals surface area contributed by atoms with E-state index < -0.39 is 0 Å². The van der Waals surface area contributed by atoms with Gasteiger partial charge in [0, 0.05) is 5.56 Å². The zero-order chi connectivity index (χ0) is 19.6. The molecule has 0 fully saturated rings. The first-order valence-corrected chi connectivity index (χ1v) is 10.7. The fourth-order valence-corrected chi connectivity index (χ4v) is 4.26. The molecule has 0 amide bonds. The van der Waals surface area contributed by atoms with Gasteiger partial charge in [-0.2, -0.15) is 0 Å². The lowest BCUT2D eigenvalue weighted by molar-refractivity contribution is 1.28. The Kier molecular flexibility index (Phi) is 4.86. The first-order valence-electron chi connectivity index (χ1n) is 9.59. The second-order valence-corrected chi connectivity index (χ2v) is 8.18. The number of fused-ring (bicyclic) bond motifs is 1. The molecule has 1 heterocycles. The van der Waals surface area contributed by atoms with Crippen molar-refractivity contribution in [1.29, 1.82) is 0 Å². The van der Waals surface area contributed by atoms with Crippen LogP contribution in [0.2, 0.25) is 0 Å². The summed E-state index contributed by atoms with van der Waals surface area (Å²) in [5.74, 6) is 0. The van der Waals surface area contributed by atoms with Crippen molar-refractivity contribution in [2.75, 3.05) is 0 Å². The molecule has 1 nitrogen and oxygen atoms in total. The van der Waals surface area contributed by atoms with Gasteiger partial charge in [-0.3, -0.25) is 0 Å². The number of aromatic nitrogens is 1. The van der Waals surface area contributed by atoms with Crippen LogP contribution in [0.25, 0.3) is 44.3 Å². The predicted octanol–water partition coefficient (Wildman–Crippen LogP) is 7.84. The molecule has 0 saturated heterocycles. The number of rotatable bonds is 3. The van der Waals surface area contributed by atoms with E-state index in [1.807, 2.05) is 0 Å². The second-order valence-electron chi connectivity index (χ2n) is 7.07. The summed E-state index contributed by atoms with van der Waals surface area (Å²) in [5.41, 5.74) is 6.99. The molecule has 0 N–H and O–H groups in total. The van der Waals surface area contributed by atoms with Gasteiger partial charge in [-0.1, -0.05) is 84.9 Å². The number of benzene rings is 4. The summed E-state index contributed by atoms with van der Waals surface area (Å²) in [4.78, 5) is 4.80. The van der Waals surface area contributed by atoms with Crippen LogP contribution in [0.15, 0.2) is 109 Å². The molecule has 0 radical (unpaired) electrons. The Morgan fingerprint density at radius 1 is 0.448 bits per heavy atom. The summed E-state index contributed by atoms with van der Waals surface area (Å²) in [6, 6.07) is 38.5. The summed E-state index contributed by atoms with van der Waals surface area (Å²) in [6.45, 7) is 0. The third-order valence-electron chi connectivity index (χ3n) is 5.14. The van der Waals surface area contributed by atoms with Gasteiger partial charge >= 0.3 is 0 Å². The number of halogens is 1. The molecule has 2 heteroatoms. The van der Waals surface area contributed by atoms with Gasteiger partial charge in [-0.25, -0.2) is 4.98 Å². The number of nitrogens with zero attached hydrogens (tertiary/aromatic N) is 1. The Hall–Kier alpha value is -2.98. The van der Waals surface area contributed by atoms with Gasteiger partial charge in [-0.15, -0.1) is 0 Å². The van der Waals surface area contributed by atoms with E-state index in [2.05, 4.69) is 132 Å². The third kappa shape index (κ3) is 3.81. The highest BCUT2D eigenvalue weighted by Gasteiger charge is 2.08. The molecule has 0 bridgehead atoms. The Balaban J connectivity index is 1.59. The van der Waals surface area contributed by atoms with Gasteiger partial charge < -0.3 is 0 Å². The minimum Gasteiger partial charge on any atom is -0.242 e. The molecule has 0 aliphatic carbocycles. The molecule has 5 rings (SSSR count). The van der Waals surface area contributed by atoms with Crippen molar-refractivity contribution in [2.24, 2.45) is 0 Å². The van der Waals surface area contributed by atoms with Crippen LogP contribution in [-0.4, -0.2) is 4.98 Å². The summed E-state index contributed by atoms with van der Waals surface area (Å²) in [6.07, 6.45) is 0. The van der Waals surface area contributed by atoms with Gasteiger partial charge in [0.2, 0.25) is 0 Å². The summed E-state index contributed by atoms with van der Waals surface area (Å²) >= 11 is 2.31. The molecule has 138 valence electrons. The van der Waals surface area contributed by atoms with Crippen LogP contribution in [0.3, 0.4) is 0 Å². The van der Waals surface area contributed by atoms with Gasteiger partial charge in [0.15, 0.2) is 0 Å². The zero-order valence-electron chi connectivity index (χ0n) is 15.7. The largest absolute Gasteiger partial charge is 0.242 e. The summed E-state index contributed by atoms with van der Waals surface area (Å²) < 4.78 is 0.994. The fraction of sp³-hybridized carbons (Fsp3) is 0. The highest BCUT2D eigenvalue weighted by Crippen LogP contribution is 2.31. The number of hydrogen-bond donors (Lipinski definition) is 0. The lowest BCUT2D eigenvalue weighted by Crippen LogP contribution is -1.90. The monoisotopic (exact) mass is 483 g/mol. The van der Waals surface area contributed by atoms with E-state index in [9.17, 15) is 0 Å². The average molecular weight is 483 g/mol. The highest BCUT2D eigenvalue weighted by molar-refractivity contribution is 14.1. The molecule has 0 saturated carbocycles. The average Bonchev–Trinajstić information content (AvgIpc) is 2.79. The normalized spacial score (nSPS) is 10.9. The van der Waals surface area contributed by atoms with Crippen LogP contribution in [0.5, 0.6) is 0 Å². The Bertz CT molecular complexity index is 1310. The molecule has 29 heavy (non-hydrogen) atoms. The molecule has 0 unspecified atom stereocenters. The van der Waals surface area contributed by atoms with E-state index in [4.69, 9.17) is 4.98 Å².